The molecule has 1 aliphatic carbocycles. The van der Waals surface area contributed by atoms with Crippen LogP contribution in [0.4, 0.5) is 0 Å². The van der Waals surface area contributed by atoms with Crippen LogP contribution in [0.25, 0.3) is 0 Å². The number of nitrogens with zero attached hydrogens (tertiary/aromatic N) is 1. The molecule has 1 fully saturated rings. The van der Waals surface area contributed by atoms with E-state index in [0.29, 0.717) is 12.5 Å². The summed E-state index contributed by atoms with van der Waals surface area (Å²) >= 11 is 0. The summed E-state index contributed by atoms with van der Waals surface area (Å²) in [4.78, 5) is 24.9. The number of carboxylic acids is 1. The summed E-state index contributed by atoms with van der Waals surface area (Å²) in [6.07, 6.45) is 7.44. The number of carbonyl (C=O) groups excluding carboxylic acids is 1. The SMILES string of the molecule is CN(C(=O)CC(C)(C)CC(=O)O)C1CCCCCC1. The molecule has 0 atom stereocenters. The van der Waals surface area contributed by atoms with Crippen LogP contribution in [-0.2, 0) is 9.59 Å². The van der Waals surface area contributed by atoms with Crippen molar-refractivity contribution in [1.82, 2.24) is 4.90 Å². The minimum Gasteiger partial charge on any atom is -0.481 e. The van der Waals surface area contributed by atoms with Crippen molar-refractivity contribution in [2.24, 2.45) is 5.41 Å². The normalized spacial score (nSPS) is 17.8. The Bertz CT molecular complexity index is 317. The van der Waals surface area contributed by atoms with Crippen molar-refractivity contribution >= 4 is 11.9 Å². The number of aliphatic carboxylic acids is 1. The van der Waals surface area contributed by atoms with Crippen molar-refractivity contribution < 1.29 is 14.7 Å². The van der Waals surface area contributed by atoms with Crippen LogP contribution in [0.15, 0.2) is 0 Å². The second kappa shape index (κ2) is 6.92. The Hall–Kier alpha value is -1.06. The lowest BCUT2D eigenvalue weighted by atomic mass is 9.85. The molecule has 1 amide bonds. The second-order valence-corrected chi connectivity index (χ2v) is 6.56. The summed E-state index contributed by atoms with van der Waals surface area (Å²) in [6.45, 7) is 3.69. The van der Waals surface area contributed by atoms with E-state index in [1.165, 1.54) is 25.7 Å². The first-order chi connectivity index (χ1) is 8.82. The zero-order valence-electron chi connectivity index (χ0n) is 12.4. The third-order valence-electron chi connectivity index (χ3n) is 4.03. The molecule has 110 valence electrons. The summed E-state index contributed by atoms with van der Waals surface area (Å²) in [7, 11) is 1.87. The molecule has 0 unspecified atom stereocenters. The minimum atomic E-state index is -0.838. The van der Waals surface area contributed by atoms with Gasteiger partial charge in [0.25, 0.3) is 0 Å². The van der Waals surface area contributed by atoms with Crippen molar-refractivity contribution in [3.63, 3.8) is 0 Å². The summed E-state index contributed by atoms with van der Waals surface area (Å²) in [5.74, 6) is -0.756. The lowest BCUT2D eigenvalue weighted by Crippen LogP contribution is -2.39. The van der Waals surface area contributed by atoms with Gasteiger partial charge in [-0.3, -0.25) is 9.59 Å². The van der Waals surface area contributed by atoms with Gasteiger partial charge in [0.2, 0.25) is 5.91 Å². The van der Waals surface area contributed by atoms with Gasteiger partial charge in [-0.1, -0.05) is 39.5 Å². The fourth-order valence-electron chi connectivity index (χ4n) is 2.85. The Morgan fingerprint density at radius 1 is 1.11 bits per heavy atom. The van der Waals surface area contributed by atoms with Gasteiger partial charge < -0.3 is 10.0 Å². The molecule has 0 radical (unpaired) electrons. The van der Waals surface area contributed by atoms with Gasteiger partial charge >= 0.3 is 5.97 Å². The van der Waals surface area contributed by atoms with E-state index in [-0.39, 0.29) is 12.3 Å². The maximum Gasteiger partial charge on any atom is 0.303 e. The van der Waals surface area contributed by atoms with Gasteiger partial charge in [-0.2, -0.15) is 0 Å². The average Bonchev–Trinajstić information content (AvgIpc) is 2.53. The van der Waals surface area contributed by atoms with E-state index in [1.807, 2.05) is 25.8 Å². The van der Waals surface area contributed by atoms with Gasteiger partial charge in [-0.05, 0) is 18.3 Å². The number of hydrogen-bond donors (Lipinski definition) is 1. The van der Waals surface area contributed by atoms with Crippen LogP contribution in [-0.4, -0.2) is 35.0 Å². The average molecular weight is 269 g/mol. The molecule has 0 saturated heterocycles. The van der Waals surface area contributed by atoms with Crippen molar-refractivity contribution in [3.05, 3.63) is 0 Å². The highest BCUT2D eigenvalue weighted by Gasteiger charge is 2.29. The number of amides is 1. The maximum absolute atomic E-state index is 12.3. The topological polar surface area (TPSA) is 57.6 Å². The van der Waals surface area contributed by atoms with Crippen LogP contribution in [0.2, 0.25) is 0 Å². The Morgan fingerprint density at radius 3 is 2.11 bits per heavy atom. The highest BCUT2D eigenvalue weighted by atomic mass is 16.4. The van der Waals surface area contributed by atoms with E-state index >= 15 is 0 Å². The van der Waals surface area contributed by atoms with Crippen LogP contribution < -0.4 is 0 Å². The molecule has 0 aliphatic heterocycles. The molecule has 1 aliphatic rings. The van der Waals surface area contributed by atoms with Gasteiger partial charge in [-0.25, -0.2) is 0 Å². The molecule has 1 rings (SSSR count). The van der Waals surface area contributed by atoms with Gasteiger partial charge in [0.15, 0.2) is 0 Å². The maximum atomic E-state index is 12.3. The second-order valence-electron chi connectivity index (χ2n) is 6.56. The Morgan fingerprint density at radius 2 is 1.63 bits per heavy atom. The fraction of sp³-hybridized carbons (Fsp3) is 0.867. The van der Waals surface area contributed by atoms with Crippen LogP contribution in [0.1, 0.15) is 65.2 Å². The minimum absolute atomic E-state index is 0.0389. The van der Waals surface area contributed by atoms with E-state index in [2.05, 4.69) is 0 Å². The number of carbonyl (C=O) groups is 2. The molecule has 4 heteroatoms. The van der Waals surface area contributed by atoms with E-state index in [4.69, 9.17) is 5.11 Å². The Kier molecular flexibility index (Phi) is 5.83. The monoisotopic (exact) mass is 269 g/mol. The summed E-state index contributed by atoms with van der Waals surface area (Å²) in [5.41, 5.74) is -0.470. The number of carboxylic acid groups (broad SMARTS) is 1. The van der Waals surface area contributed by atoms with Crippen LogP contribution in [0, 0.1) is 5.41 Å². The van der Waals surface area contributed by atoms with Gasteiger partial charge in [0, 0.05) is 19.5 Å². The predicted octanol–water partition coefficient (Wildman–Crippen LogP) is 3.06. The molecule has 0 aromatic heterocycles. The van der Waals surface area contributed by atoms with Crippen molar-refractivity contribution in [3.8, 4) is 0 Å². The van der Waals surface area contributed by atoms with Gasteiger partial charge in [0.05, 0.1) is 6.42 Å². The first kappa shape index (κ1) is 16.0. The fourth-order valence-corrected chi connectivity index (χ4v) is 2.85. The first-order valence-corrected chi connectivity index (χ1v) is 7.29. The quantitative estimate of drug-likeness (QED) is 0.780. The van der Waals surface area contributed by atoms with E-state index < -0.39 is 11.4 Å². The lowest BCUT2D eigenvalue weighted by Gasteiger charge is -2.31. The molecule has 4 nitrogen and oxygen atoms in total. The summed E-state index contributed by atoms with van der Waals surface area (Å²) in [6, 6.07) is 0.343. The van der Waals surface area contributed by atoms with Crippen molar-refractivity contribution in [1.29, 1.82) is 0 Å². The lowest BCUT2D eigenvalue weighted by molar-refractivity contribution is -0.141. The van der Waals surface area contributed by atoms with Crippen LogP contribution in [0.5, 0.6) is 0 Å². The van der Waals surface area contributed by atoms with E-state index in [0.717, 1.165) is 12.8 Å². The molecule has 0 aromatic rings. The third-order valence-corrected chi connectivity index (χ3v) is 4.03. The van der Waals surface area contributed by atoms with Crippen LogP contribution >= 0.6 is 0 Å². The Labute approximate surface area is 116 Å². The summed E-state index contributed by atoms with van der Waals surface area (Å²) < 4.78 is 0. The zero-order valence-corrected chi connectivity index (χ0v) is 12.4. The molecular formula is C15H27NO3. The van der Waals surface area contributed by atoms with Crippen LogP contribution in [0.3, 0.4) is 0 Å². The standard InChI is InChI=1S/C15H27NO3/c1-15(2,11-14(18)19)10-13(17)16(3)12-8-6-4-5-7-9-12/h12H,4-11H2,1-3H3,(H,18,19). The zero-order chi connectivity index (χ0) is 14.5. The van der Waals surface area contributed by atoms with Crippen molar-refractivity contribution in [2.75, 3.05) is 7.05 Å². The summed E-state index contributed by atoms with van der Waals surface area (Å²) in [5, 5.41) is 8.86. The smallest absolute Gasteiger partial charge is 0.303 e. The molecule has 19 heavy (non-hydrogen) atoms. The third kappa shape index (κ3) is 5.62. The van der Waals surface area contributed by atoms with E-state index in [9.17, 15) is 9.59 Å². The van der Waals surface area contributed by atoms with Gasteiger partial charge in [-0.15, -0.1) is 0 Å². The largest absolute Gasteiger partial charge is 0.481 e. The first-order valence-electron chi connectivity index (χ1n) is 7.29. The molecule has 0 heterocycles. The molecule has 1 saturated carbocycles. The van der Waals surface area contributed by atoms with Gasteiger partial charge in [0.1, 0.15) is 0 Å². The highest BCUT2D eigenvalue weighted by Crippen LogP contribution is 2.28. The molecule has 0 aromatic carbocycles. The molecule has 1 N–H and O–H groups in total. The Balaban J connectivity index is 2.53. The van der Waals surface area contributed by atoms with E-state index in [1.54, 1.807) is 0 Å². The molecule has 0 bridgehead atoms. The highest BCUT2D eigenvalue weighted by molar-refractivity contribution is 5.78. The van der Waals surface area contributed by atoms with Crippen molar-refractivity contribution in [2.45, 2.75) is 71.3 Å². The number of rotatable bonds is 5. The number of hydrogen-bond acceptors (Lipinski definition) is 2. The molecular weight excluding hydrogens is 242 g/mol. The predicted molar refractivity (Wildman–Crippen MR) is 74.9 cm³/mol. The molecule has 0 spiro atoms.